The van der Waals surface area contributed by atoms with E-state index in [9.17, 15) is 27.9 Å². The quantitative estimate of drug-likeness (QED) is 0.254. The summed E-state index contributed by atoms with van der Waals surface area (Å²) >= 11 is 0. The summed E-state index contributed by atoms with van der Waals surface area (Å²) in [5, 5.41) is 12.5. The van der Waals surface area contributed by atoms with Crippen LogP contribution in [0.5, 0.6) is 5.75 Å². The number of aliphatic hydroxyl groups is 1. The van der Waals surface area contributed by atoms with Gasteiger partial charge in [0.05, 0.1) is 24.8 Å². The second-order valence-electron chi connectivity index (χ2n) is 12.6. The highest BCUT2D eigenvalue weighted by Crippen LogP contribution is 2.44. The molecule has 238 valence electrons. The van der Waals surface area contributed by atoms with Crippen LogP contribution >= 0.6 is 0 Å². The number of carbonyl (C=O) groups is 2. The lowest BCUT2D eigenvalue weighted by Gasteiger charge is -2.38. The van der Waals surface area contributed by atoms with Crippen LogP contribution in [-0.4, -0.2) is 52.4 Å². The minimum absolute atomic E-state index is 0.0108. The Hall–Kier alpha value is -3.60. The molecule has 3 unspecified atom stereocenters. The highest BCUT2D eigenvalue weighted by atomic mass is 19.4. The monoisotopic (exact) mass is 615 g/mol. The van der Waals surface area contributed by atoms with Crippen molar-refractivity contribution in [3.8, 4) is 16.9 Å². The second-order valence-corrected chi connectivity index (χ2v) is 12.6. The van der Waals surface area contributed by atoms with Gasteiger partial charge in [-0.05, 0) is 104 Å². The summed E-state index contributed by atoms with van der Waals surface area (Å²) in [5.74, 6) is 1.40. The number of imidazole rings is 1. The molecule has 1 aliphatic heterocycles. The van der Waals surface area contributed by atoms with Gasteiger partial charge >= 0.3 is 12.3 Å². The predicted molar refractivity (Wildman–Crippen MR) is 160 cm³/mol. The molecule has 8 nitrogen and oxygen atoms in total. The fraction of sp³-hybridized carbons (Fsp3) is 0.545. The summed E-state index contributed by atoms with van der Waals surface area (Å²) in [6.45, 7) is 4.54. The number of nitrogens with zero attached hydrogens (tertiary/aromatic N) is 1. The van der Waals surface area contributed by atoms with Gasteiger partial charge in [0, 0.05) is 12.3 Å². The molecule has 0 bridgehead atoms. The van der Waals surface area contributed by atoms with E-state index >= 15 is 0 Å². The van der Waals surface area contributed by atoms with Gasteiger partial charge in [-0.3, -0.25) is 10.1 Å². The third kappa shape index (κ3) is 7.03. The van der Waals surface area contributed by atoms with Crippen LogP contribution in [-0.2, 0) is 16.0 Å². The number of amides is 1. The van der Waals surface area contributed by atoms with E-state index in [1.807, 2.05) is 37.3 Å². The van der Waals surface area contributed by atoms with E-state index in [-0.39, 0.29) is 55.1 Å². The first kappa shape index (κ1) is 31.8. The summed E-state index contributed by atoms with van der Waals surface area (Å²) in [6, 6.07) is 11.9. The Kier molecular flexibility index (Phi) is 9.25. The van der Waals surface area contributed by atoms with E-state index in [2.05, 4.69) is 33.0 Å². The molecule has 1 fully saturated rings. The van der Waals surface area contributed by atoms with Gasteiger partial charge in [0.25, 0.3) is 0 Å². The molecule has 44 heavy (non-hydrogen) atoms. The molecule has 2 aromatic carbocycles. The lowest BCUT2D eigenvalue weighted by molar-refractivity contribution is -0.272. The van der Waals surface area contributed by atoms with Gasteiger partial charge in [-0.15, -0.1) is 0 Å². The van der Waals surface area contributed by atoms with Crippen molar-refractivity contribution in [2.45, 2.75) is 77.0 Å². The van der Waals surface area contributed by atoms with Crippen molar-refractivity contribution in [1.29, 1.82) is 0 Å². The number of aromatic nitrogens is 2. The van der Waals surface area contributed by atoms with Crippen molar-refractivity contribution in [1.82, 2.24) is 9.97 Å². The maximum atomic E-state index is 13.3. The number of aromatic amines is 1. The van der Waals surface area contributed by atoms with Crippen LogP contribution in [0, 0.1) is 23.7 Å². The van der Waals surface area contributed by atoms with E-state index in [0.29, 0.717) is 30.9 Å². The van der Waals surface area contributed by atoms with Crippen LogP contribution in [0.1, 0.15) is 64.4 Å². The number of ether oxygens (including phenoxy) is 2. The predicted octanol–water partition coefficient (Wildman–Crippen LogP) is 7.45. The third-order valence-corrected chi connectivity index (χ3v) is 9.53. The molecule has 2 aliphatic rings. The zero-order valence-corrected chi connectivity index (χ0v) is 25.3. The number of methoxy groups -OCH3 is 1. The zero-order valence-electron chi connectivity index (χ0n) is 25.3. The zero-order chi connectivity index (χ0) is 31.6. The highest BCUT2D eigenvalue weighted by molar-refractivity contribution is 5.88. The van der Waals surface area contributed by atoms with Gasteiger partial charge in [0.15, 0.2) is 5.60 Å². The molecule has 5 rings (SSSR count). The van der Waals surface area contributed by atoms with Crippen LogP contribution in [0.25, 0.3) is 22.2 Å². The number of benzene rings is 2. The molecular formula is C33H40F3N3O5. The Labute approximate surface area is 254 Å². The number of fused-ring (bicyclic) bond motifs is 2. The Balaban J connectivity index is 1.21. The van der Waals surface area contributed by atoms with Gasteiger partial charge in [0.1, 0.15) is 11.5 Å². The molecule has 1 saturated carbocycles. The lowest BCUT2D eigenvalue weighted by atomic mass is 9.74. The van der Waals surface area contributed by atoms with Gasteiger partial charge in [-0.1, -0.05) is 26.0 Å². The van der Waals surface area contributed by atoms with Gasteiger partial charge in [0.2, 0.25) is 5.95 Å². The van der Waals surface area contributed by atoms with Crippen LogP contribution < -0.4 is 10.1 Å². The largest absolute Gasteiger partial charge is 0.493 e. The first-order valence-corrected chi connectivity index (χ1v) is 15.3. The van der Waals surface area contributed by atoms with Crippen molar-refractivity contribution >= 4 is 28.9 Å². The van der Waals surface area contributed by atoms with E-state index in [1.165, 1.54) is 7.11 Å². The van der Waals surface area contributed by atoms with Crippen molar-refractivity contribution < 1.29 is 37.3 Å². The number of hydrogen-bond donors (Lipinski definition) is 3. The smallest absolute Gasteiger partial charge is 0.417 e. The molecule has 1 aromatic heterocycles. The van der Waals surface area contributed by atoms with Crippen LogP contribution in [0.15, 0.2) is 36.4 Å². The number of anilines is 1. The Morgan fingerprint density at radius 3 is 2.57 bits per heavy atom. The normalized spacial score (nSPS) is 24.8. The summed E-state index contributed by atoms with van der Waals surface area (Å²) in [5.41, 5.74) is 1.92. The van der Waals surface area contributed by atoms with Crippen molar-refractivity contribution in [2.75, 3.05) is 19.0 Å². The van der Waals surface area contributed by atoms with E-state index in [4.69, 9.17) is 4.74 Å². The van der Waals surface area contributed by atoms with Crippen LogP contribution in [0.3, 0.4) is 0 Å². The summed E-state index contributed by atoms with van der Waals surface area (Å²) < 4.78 is 50.3. The fourth-order valence-corrected chi connectivity index (χ4v) is 6.64. The lowest BCUT2D eigenvalue weighted by Crippen LogP contribution is -2.47. The average molecular weight is 616 g/mol. The SMILES string of the molecule is COC(=O)Nc1nc2ccc(-c3ccc4c(c3)CC(C)C(CC(=O)C(C)CC3CCC(O)(C(F)(F)F)CC3)CCO4)cc2[nH]1. The Morgan fingerprint density at radius 2 is 1.86 bits per heavy atom. The van der Waals surface area contributed by atoms with Gasteiger partial charge < -0.3 is 19.6 Å². The third-order valence-electron chi connectivity index (χ3n) is 9.53. The summed E-state index contributed by atoms with van der Waals surface area (Å²) in [7, 11) is 1.29. The number of nitrogens with one attached hydrogen (secondary N) is 2. The van der Waals surface area contributed by atoms with Crippen molar-refractivity contribution in [3.63, 3.8) is 0 Å². The molecule has 3 N–H and O–H groups in total. The minimum atomic E-state index is -4.61. The topological polar surface area (TPSA) is 114 Å². The van der Waals surface area contributed by atoms with Crippen molar-refractivity contribution in [3.05, 3.63) is 42.0 Å². The number of hydrogen-bond acceptors (Lipinski definition) is 6. The minimum Gasteiger partial charge on any atom is -0.493 e. The molecule has 0 spiro atoms. The first-order chi connectivity index (χ1) is 20.8. The molecule has 0 saturated heterocycles. The number of halogens is 3. The Morgan fingerprint density at radius 1 is 1.16 bits per heavy atom. The molecule has 3 atom stereocenters. The number of Topliss-reactive ketones (excluding diaryl/α,β-unsaturated/α-hetero) is 1. The number of alkyl halides is 3. The van der Waals surface area contributed by atoms with Crippen LogP contribution in [0.4, 0.5) is 23.9 Å². The number of rotatable bonds is 7. The second kappa shape index (κ2) is 12.8. The molecule has 11 heteroatoms. The highest BCUT2D eigenvalue weighted by Gasteiger charge is 2.54. The summed E-state index contributed by atoms with van der Waals surface area (Å²) in [6.07, 6.45) is -2.81. The van der Waals surface area contributed by atoms with E-state index in [0.717, 1.165) is 40.8 Å². The maximum Gasteiger partial charge on any atom is 0.417 e. The standard InChI is InChI=1S/C33H40F3N3O5/c1-19-15-25-16-23(24-4-6-26-27(17-24)38-30(37-26)39-31(41)43-3)5-7-29(25)44-13-10-22(19)18-28(40)20(2)14-21-8-11-32(42,12-9-21)33(34,35)36/h4-7,16-17,19-22,42H,8-15,18H2,1-3H3,(H2,37,38,39,41). The molecule has 3 aromatic rings. The molecule has 2 heterocycles. The maximum absolute atomic E-state index is 13.3. The van der Waals surface area contributed by atoms with Crippen LogP contribution in [0.2, 0.25) is 0 Å². The number of ketones is 1. The molecular weight excluding hydrogens is 575 g/mol. The van der Waals surface area contributed by atoms with Crippen molar-refractivity contribution in [2.24, 2.45) is 23.7 Å². The first-order valence-electron chi connectivity index (χ1n) is 15.3. The van der Waals surface area contributed by atoms with Gasteiger partial charge in [-0.25, -0.2) is 9.78 Å². The summed E-state index contributed by atoms with van der Waals surface area (Å²) in [4.78, 5) is 32.3. The molecule has 0 radical (unpaired) electrons. The number of carbonyl (C=O) groups excluding carboxylic acids is 2. The molecule has 1 amide bonds. The molecule has 1 aliphatic carbocycles. The Bertz CT molecular complexity index is 1500. The fourth-order valence-electron chi connectivity index (χ4n) is 6.64. The van der Waals surface area contributed by atoms with Gasteiger partial charge in [-0.2, -0.15) is 13.2 Å². The number of H-pyrrole nitrogens is 1. The van der Waals surface area contributed by atoms with E-state index < -0.39 is 17.9 Å². The average Bonchev–Trinajstić information content (AvgIpc) is 3.38. The van der Waals surface area contributed by atoms with E-state index in [1.54, 1.807) is 0 Å².